The largest absolute Gasteiger partial charge is 0.321 e. The van der Waals surface area contributed by atoms with Crippen molar-refractivity contribution in [3.63, 3.8) is 0 Å². The Morgan fingerprint density at radius 3 is 2.04 bits per heavy atom. The molecule has 4 aromatic carbocycles. The van der Waals surface area contributed by atoms with Crippen LogP contribution in [0, 0.1) is 32.2 Å². The first kappa shape index (κ1) is 32.5. The topological polar surface area (TPSA) is 29.7 Å². The van der Waals surface area contributed by atoms with E-state index in [2.05, 4.69) is 84.6 Å². The SMILES string of the molecule is Cc1ccnc(-c2[c-]cc3c(c2)sc2ccccc23)c1.[CH2-][n+]1ccccc1-c1[c-]cccc1.[Ir].[c-]1ccccc1-c1ccccn1. The average Bonchev–Trinajstić information content (AvgIpc) is 3.48. The van der Waals surface area contributed by atoms with Crippen molar-refractivity contribution in [3.8, 4) is 33.8 Å². The molecule has 0 N–H and O–H groups in total. The molecule has 0 aliphatic carbocycles. The average molecular weight is 789 g/mol. The number of fused-ring (bicyclic) bond motifs is 3. The molecule has 0 aliphatic heterocycles. The van der Waals surface area contributed by atoms with Crippen LogP contribution in [-0.2, 0) is 20.1 Å². The van der Waals surface area contributed by atoms with Crippen LogP contribution in [0.25, 0.3) is 53.9 Å². The number of aryl methyl sites for hydroxylation is 1. The van der Waals surface area contributed by atoms with Crippen LogP contribution in [0.15, 0.2) is 152 Å². The first-order valence-corrected chi connectivity index (χ1v) is 15.4. The van der Waals surface area contributed by atoms with Gasteiger partial charge in [0.2, 0.25) is 0 Å². The van der Waals surface area contributed by atoms with Crippen molar-refractivity contribution >= 4 is 31.5 Å². The van der Waals surface area contributed by atoms with E-state index in [9.17, 15) is 0 Å². The molecule has 0 saturated heterocycles. The van der Waals surface area contributed by atoms with Crippen LogP contribution in [0.2, 0.25) is 0 Å². The molecular formula is C41H30IrN3S-3. The third-order valence-corrected chi connectivity index (χ3v) is 8.21. The zero-order valence-electron chi connectivity index (χ0n) is 25.2. The Morgan fingerprint density at radius 2 is 1.33 bits per heavy atom. The van der Waals surface area contributed by atoms with E-state index < -0.39 is 0 Å². The minimum atomic E-state index is 0. The smallest absolute Gasteiger partial charge is 0.115 e. The Morgan fingerprint density at radius 1 is 0.609 bits per heavy atom. The van der Waals surface area contributed by atoms with E-state index in [1.54, 1.807) is 6.20 Å². The Bertz CT molecular complexity index is 2090. The van der Waals surface area contributed by atoms with Crippen molar-refractivity contribution in [2.24, 2.45) is 0 Å². The van der Waals surface area contributed by atoms with Gasteiger partial charge in [-0.2, -0.15) is 11.3 Å². The molecule has 227 valence electrons. The van der Waals surface area contributed by atoms with Crippen LogP contribution in [-0.4, -0.2) is 9.97 Å². The number of hydrogen-bond acceptors (Lipinski definition) is 3. The van der Waals surface area contributed by atoms with Gasteiger partial charge in [-0.15, -0.1) is 90.0 Å². The number of nitrogens with zero attached hydrogens (tertiary/aromatic N) is 3. The van der Waals surface area contributed by atoms with Gasteiger partial charge < -0.3 is 14.5 Å². The molecule has 0 spiro atoms. The normalized spacial score (nSPS) is 10.2. The molecule has 1 radical (unpaired) electrons. The predicted octanol–water partition coefficient (Wildman–Crippen LogP) is 9.85. The minimum absolute atomic E-state index is 0. The van der Waals surface area contributed by atoms with Gasteiger partial charge in [-0.1, -0.05) is 65.0 Å². The summed E-state index contributed by atoms with van der Waals surface area (Å²) in [6.07, 6.45) is 5.57. The Labute approximate surface area is 288 Å². The van der Waals surface area contributed by atoms with E-state index in [0.29, 0.717) is 0 Å². The molecule has 0 unspecified atom stereocenters. The number of rotatable bonds is 3. The fourth-order valence-electron chi connectivity index (χ4n) is 4.84. The van der Waals surface area contributed by atoms with E-state index in [1.165, 1.54) is 25.7 Å². The van der Waals surface area contributed by atoms with Crippen LogP contribution in [0.1, 0.15) is 5.56 Å². The van der Waals surface area contributed by atoms with Gasteiger partial charge in [0.1, 0.15) is 5.69 Å². The molecule has 3 nitrogen and oxygen atoms in total. The molecule has 0 amide bonds. The minimum Gasteiger partial charge on any atom is -0.321 e. The zero-order chi connectivity index (χ0) is 30.8. The molecule has 8 rings (SSSR count). The van der Waals surface area contributed by atoms with Crippen molar-refractivity contribution in [2.75, 3.05) is 0 Å². The zero-order valence-corrected chi connectivity index (χ0v) is 28.4. The number of hydrogen-bond donors (Lipinski definition) is 0. The van der Waals surface area contributed by atoms with Crippen LogP contribution in [0.4, 0.5) is 0 Å². The van der Waals surface area contributed by atoms with Crippen molar-refractivity contribution < 1.29 is 24.7 Å². The van der Waals surface area contributed by atoms with Crippen molar-refractivity contribution in [3.05, 3.63) is 183 Å². The van der Waals surface area contributed by atoms with Crippen LogP contribution < -0.4 is 4.57 Å². The van der Waals surface area contributed by atoms with Crippen LogP contribution in [0.5, 0.6) is 0 Å². The molecule has 5 heteroatoms. The Balaban J connectivity index is 0.000000141. The quantitative estimate of drug-likeness (QED) is 0.132. The van der Waals surface area contributed by atoms with E-state index in [4.69, 9.17) is 0 Å². The van der Waals surface area contributed by atoms with Gasteiger partial charge in [0.05, 0.1) is 6.20 Å². The number of benzene rings is 4. The van der Waals surface area contributed by atoms with Gasteiger partial charge >= 0.3 is 0 Å². The van der Waals surface area contributed by atoms with E-state index in [0.717, 1.165) is 33.8 Å². The van der Waals surface area contributed by atoms with Crippen LogP contribution in [0.3, 0.4) is 0 Å². The van der Waals surface area contributed by atoms with Crippen LogP contribution >= 0.6 is 11.3 Å². The van der Waals surface area contributed by atoms with E-state index in [1.807, 2.05) is 119 Å². The molecule has 8 aromatic rings. The fourth-order valence-corrected chi connectivity index (χ4v) is 5.97. The molecule has 4 heterocycles. The summed E-state index contributed by atoms with van der Waals surface area (Å²) in [5.41, 5.74) is 7.43. The summed E-state index contributed by atoms with van der Waals surface area (Å²) < 4.78 is 4.46. The predicted molar refractivity (Wildman–Crippen MR) is 186 cm³/mol. The molecule has 0 atom stereocenters. The molecule has 0 bridgehead atoms. The second-order valence-corrected chi connectivity index (χ2v) is 11.3. The summed E-state index contributed by atoms with van der Waals surface area (Å²) in [6.45, 7) is 2.09. The fraction of sp³-hybridized carbons (Fsp3) is 0.0244. The molecule has 0 aliphatic rings. The van der Waals surface area contributed by atoms with Gasteiger partial charge in [0.15, 0.2) is 0 Å². The van der Waals surface area contributed by atoms with Crippen molar-refractivity contribution in [1.82, 2.24) is 9.97 Å². The van der Waals surface area contributed by atoms with Gasteiger partial charge in [-0.25, -0.2) is 0 Å². The van der Waals surface area contributed by atoms with E-state index in [-0.39, 0.29) is 20.1 Å². The van der Waals surface area contributed by atoms with Gasteiger partial charge in [-0.05, 0) is 52.7 Å². The summed E-state index contributed by atoms with van der Waals surface area (Å²) >= 11 is 1.83. The summed E-state index contributed by atoms with van der Waals surface area (Å²) in [5.74, 6) is 0. The maximum Gasteiger partial charge on any atom is 0.115 e. The molecule has 0 saturated carbocycles. The Hall–Kier alpha value is -4.93. The summed E-state index contributed by atoms with van der Waals surface area (Å²) in [6, 6.07) is 54.2. The molecule has 0 fully saturated rings. The molecule has 4 aromatic heterocycles. The first-order valence-electron chi connectivity index (χ1n) is 14.6. The first-order chi connectivity index (χ1) is 22.2. The standard InChI is InChI=1S/C18H12NS.C12H10N.C11H8N.Ir/c1-12-8-9-19-16(10-12)13-6-7-15-14-4-2-3-5-17(14)20-18(15)11-13;1-13-10-6-5-9-12(13)11-7-3-2-4-8-11;1-2-6-10(7-3-1)11-8-4-5-9-12-11;/h2-5,7-11H,1H3;2-7,9-10H,1H2;1-6,8-9H;/q3*-1;. The van der Waals surface area contributed by atoms with Gasteiger partial charge in [-0.3, -0.25) is 0 Å². The van der Waals surface area contributed by atoms with Crippen molar-refractivity contribution in [2.45, 2.75) is 6.92 Å². The van der Waals surface area contributed by atoms with Gasteiger partial charge in [0, 0.05) is 44.2 Å². The maximum absolute atomic E-state index is 4.44. The third kappa shape index (κ3) is 8.01. The summed E-state index contributed by atoms with van der Waals surface area (Å²) in [7, 11) is 3.89. The van der Waals surface area contributed by atoms with Gasteiger partial charge in [0.25, 0.3) is 0 Å². The summed E-state index contributed by atoms with van der Waals surface area (Å²) in [5, 5.41) is 2.59. The third-order valence-electron chi connectivity index (χ3n) is 7.08. The Kier molecular flexibility index (Phi) is 11.2. The monoisotopic (exact) mass is 789 g/mol. The number of aromatic nitrogens is 3. The molecule has 46 heavy (non-hydrogen) atoms. The van der Waals surface area contributed by atoms with E-state index >= 15 is 0 Å². The second-order valence-electron chi connectivity index (χ2n) is 10.3. The summed E-state index contributed by atoms with van der Waals surface area (Å²) in [4.78, 5) is 8.66. The molecular weight excluding hydrogens is 759 g/mol. The second kappa shape index (κ2) is 15.9. The number of thiophene rings is 1. The maximum atomic E-state index is 4.44. The van der Waals surface area contributed by atoms with Crippen molar-refractivity contribution in [1.29, 1.82) is 0 Å². The number of pyridine rings is 3.